The van der Waals surface area contributed by atoms with Gasteiger partial charge in [-0.3, -0.25) is 4.79 Å². The summed E-state index contributed by atoms with van der Waals surface area (Å²) in [6, 6.07) is 0. The lowest BCUT2D eigenvalue weighted by atomic mass is 9.88. The lowest BCUT2D eigenvalue weighted by Gasteiger charge is -2.19. The van der Waals surface area contributed by atoms with Crippen molar-refractivity contribution in [3.63, 3.8) is 0 Å². The molecule has 5 unspecified atom stereocenters. The molecule has 3 fully saturated rings. The third-order valence-corrected chi connectivity index (χ3v) is 3.44. The average Bonchev–Trinajstić information content (AvgIpc) is 2.53. The molecule has 3 nitrogen and oxygen atoms in total. The third-order valence-electron chi connectivity index (χ3n) is 3.44. The summed E-state index contributed by atoms with van der Waals surface area (Å²) in [5.74, 6) is 0.761. The molecule has 3 heteroatoms. The Hall–Kier alpha value is -0.570. The summed E-state index contributed by atoms with van der Waals surface area (Å²) in [5, 5.41) is 9.55. The fourth-order valence-corrected chi connectivity index (χ4v) is 2.92. The SMILES string of the molecule is O=C1OC2C(O)C3CC1C2C3. The summed E-state index contributed by atoms with van der Waals surface area (Å²) in [7, 11) is 0. The minimum Gasteiger partial charge on any atom is -0.459 e. The van der Waals surface area contributed by atoms with Gasteiger partial charge in [0.15, 0.2) is 0 Å². The number of aliphatic hydroxyl groups is 1. The summed E-state index contributed by atoms with van der Waals surface area (Å²) < 4.78 is 5.06. The molecule has 0 aromatic rings. The number of aliphatic hydroxyl groups excluding tert-OH is 1. The van der Waals surface area contributed by atoms with E-state index in [1.165, 1.54) is 0 Å². The molecule has 1 aliphatic heterocycles. The van der Waals surface area contributed by atoms with Crippen LogP contribution in [0, 0.1) is 17.8 Å². The maximum Gasteiger partial charge on any atom is 0.309 e. The second-order valence-electron chi connectivity index (χ2n) is 3.89. The normalized spacial score (nSPS) is 58.6. The molecular weight excluding hydrogens is 144 g/mol. The molecular formula is C8H10O3. The van der Waals surface area contributed by atoms with E-state index < -0.39 is 0 Å². The molecule has 11 heavy (non-hydrogen) atoms. The molecule has 1 N–H and O–H groups in total. The first-order valence-electron chi connectivity index (χ1n) is 4.16. The van der Waals surface area contributed by atoms with Gasteiger partial charge in [-0.05, 0) is 18.8 Å². The molecule has 2 bridgehead atoms. The van der Waals surface area contributed by atoms with Crippen LogP contribution in [0.5, 0.6) is 0 Å². The predicted molar refractivity (Wildman–Crippen MR) is 35.6 cm³/mol. The minimum absolute atomic E-state index is 0.0703. The van der Waals surface area contributed by atoms with Crippen LogP contribution in [0.1, 0.15) is 12.8 Å². The van der Waals surface area contributed by atoms with Gasteiger partial charge < -0.3 is 9.84 Å². The van der Waals surface area contributed by atoms with Gasteiger partial charge >= 0.3 is 5.97 Å². The number of rotatable bonds is 0. The van der Waals surface area contributed by atoms with E-state index >= 15 is 0 Å². The zero-order valence-corrected chi connectivity index (χ0v) is 6.06. The monoisotopic (exact) mass is 154 g/mol. The summed E-state index contributed by atoms with van der Waals surface area (Å²) >= 11 is 0. The van der Waals surface area contributed by atoms with Crippen molar-refractivity contribution in [2.45, 2.75) is 25.0 Å². The highest BCUT2D eigenvalue weighted by Gasteiger charge is 2.61. The van der Waals surface area contributed by atoms with Crippen molar-refractivity contribution in [2.75, 3.05) is 0 Å². The van der Waals surface area contributed by atoms with Gasteiger partial charge in [0.1, 0.15) is 6.10 Å². The van der Waals surface area contributed by atoms with E-state index in [-0.39, 0.29) is 24.1 Å². The number of hydrogen-bond donors (Lipinski definition) is 1. The van der Waals surface area contributed by atoms with E-state index in [4.69, 9.17) is 4.74 Å². The van der Waals surface area contributed by atoms with Gasteiger partial charge in [0.2, 0.25) is 0 Å². The van der Waals surface area contributed by atoms with Crippen LogP contribution in [0.25, 0.3) is 0 Å². The highest BCUT2D eigenvalue weighted by molar-refractivity contribution is 5.76. The zero-order valence-electron chi connectivity index (χ0n) is 6.06. The molecule has 0 aromatic carbocycles. The maximum absolute atomic E-state index is 11.1. The Labute approximate surface area is 64.3 Å². The Morgan fingerprint density at radius 3 is 2.91 bits per heavy atom. The molecule has 1 heterocycles. The zero-order chi connectivity index (χ0) is 7.59. The van der Waals surface area contributed by atoms with Crippen molar-refractivity contribution < 1.29 is 14.6 Å². The number of hydrogen-bond acceptors (Lipinski definition) is 3. The molecule has 3 rings (SSSR count). The molecule has 0 aromatic heterocycles. The van der Waals surface area contributed by atoms with Gasteiger partial charge in [-0.15, -0.1) is 0 Å². The molecule has 0 amide bonds. The Bertz CT molecular complexity index is 225. The summed E-state index contributed by atoms with van der Waals surface area (Å²) in [5.41, 5.74) is 0. The number of carbonyl (C=O) groups is 1. The Morgan fingerprint density at radius 2 is 2.27 bits per heavy atom. The number of fused-ring (bicyclic) bond motifs is 1. The molecule has 2 saturated carbocycles. The molecule has 2 aliphatic carbocycles. The Balaban J connectivity index is 2.04. The first-order valence-corrected chi connectivity index (χ1v) is 4.16. The van der Waals surface area contributed by atoms with Crippen LogP contribution in [0.2, 0.25) is 0 Å². The highest BCUT2D eigenvalue weighted by atomic mass is 16.6. The van der Waals surface area contributed by atoms with E-state index in [1.54, 1.807) is 0 Å². The van der Waals surface area contributed by atoms with Gasteiger partial charge in [-0.25, -0.2) is 0 Å². The second kappa shape index (κ2) is 1.61. The van der Waals surface area contributed by atoms with Gasteiger partial charge in [-0.2, -0.15) is 0 Å². The van der Waals surface area contributed by atoms with Gasteiger partial charge in [0.25, 0.3) is 0 Å². The smallest absolute Gasteiger partial charge is 0.309 e. The van der Waals surface area contributed by atoms with E-state index in [1.807, 2.05) is 0 Å². The topological polar surface area (TPSA) is 46.5 Å². The van der Waals surface area contributed by atoms with Crippen LogP contribution in [-0.4, -0.2) is 23.3 Å². The summed E-state index contributed by atoms with van der Waals surface area (Å²) in [6.45, 7) is 0. The molecule has 1 saturated heterocycles. The number of ether oxygens (including phenoxy) is 1. The van der Waals surface area contributed by atoms with Crippen LogP contribution in [0.3, 0.4) is 0 Å². The van der Waals surface area contributed by atoms with Gasteiger partial charge in [-0.1, -0.05) is 0 Å². The maximum atomic E-state index is 11.1. The quantitative estimate of drug-likeness (QED) is 0.497. The van der Waals surface area contributed by atoms with E-state index in [2.05, 4.69) is 0 Å². The van der Waals surface area contributed by atoms with Crippen LogP contribution in [0.15, 0.2) is 0 Å². The molecule has 60 valence electrons. The van der Waals surface area contributed by atoms with Crippen molar-refractivity contribution >= 4 is 5.97 Å². The van der Waals surface area contributed by atoms with Crippen LogP contribution in [0.4, 0.5) is 0 Å². The third kappa shape index (κ3) is 0.527. The molecule has 5 atom stereocenters. The van der Waals surface area contributed by atoms with Crippen LogP contribution in [-0.2, 0) is 9.53 Å². The number of carbonyl (C=O) groups excluding carboxylic acids is 1. The van der Waals surface area contributed by atoms with Gasteiger partial charge in [0.05, 0.1) is 12.0 Å². The van der Waals surface area contributed by atoms with E-state index in [0.29, 0.717) is 11.8 Å². The second-order valence-corrected chi connectivity index (χ2v) is 3.89. The van der Waals surface area contributed by atoms with Crippen molar-refractivity contribution in [1.82, 2.24) is 0 Å². The lowest BCUT2D eigenvalue weighted by molar-refractivity contribution is -0.145. The van der Waals surface area contributed by atoms with Crippen LogP contribution < -0.4 is 0 Å². The first-order chi connectivity index (χ1) is 5.27. The summed E-state index contributed by atoms with van der Waals surface area (Å²) in [4.78, 5) is 11.1. The Kier molecular flexibility index (Phi) is 0.876. The standard InChI is InChI=1S/C8H10O3/c9-6-3-1-4-5(2-3)8(10)11-7(4)6/h3-7,9H,1-2H2. The Morgan fingerprint density at radius 1 is 1.45 bits per heavy atom. The largest absolute Gasteiger partial charge is 0.459 e. The molecule has 0 radical (unpaired) electrons. The minimum atomic E-state index is -0.359. The average molecular weight is 154 g/mol. The molecule has 0 spiro atoms. The highest BCUT2D eigenvalue weighted by Crippen LogP contribution is 2.54. The van der Waals surface area contributed by atoms with E-state index in [0.717, 1.165) is 12.8 Å². The summed E-state index contributed by atoms with van der Waals surface area (Å²) in [6.07, 6.45) is 1.36. The van der Waals surface area contributed by atoms with Crippen LogP contribution >= 0.6 is 0 Å². The van der Waals surface area contributed by atoms with E-state index in [9.17, 15) is 9.90 Å². The first kappa shape index (κ1) is 6.00. The fraction of sp³-hybridized carbons (Fsp3) is 0.875. The van der Waals surface area contributed by atoms with Crippen molar-refractivity contribution in [1.29, 1.82) is 0 Å². The van der Waals surface area contributed by atoms with Crippen molar-refractivity contribution in [3.05, 3.63) is 0 Å². The van der Waals surface area contributed by atoms with Gasteiger partial charge in [0, 0.05) is 5.92 Å². The number of esters is 1. The molecule has 3 aliphatic rings. The fourth-order valence-electron chi connectivity index (χ4n) is 2.92. The van der Waals surface area contributed by atoms with Crippen molar-refractivity contribution in [3.8, 4) is 0 Å². The predicted octanol–water partition coefficient (Wildman–Crippen LogP) is -0.0713. The lowest BCUT2D eigenvalue weighted by Crippen LogP contribution is -2.31. The van der Waals surface area contributed by atoms with Crippen molar-refractivity contribution in [2.24, 2.45) is 17.8 Å².